The van der Waals surface area contributed by atoms with Gasteiger partial charge in [0.25, 0.3) is 0 Å². The molecule has 2 rings (SSSR count). The summed E-state index contributed by atoms with van der Waals surface area (Å²) in [5.74, 6) is 0. The van der Waals surface area contributed by atoms with Crippen LogP contribution in [0.4, 0.5) is 0 Å². The average molecular weight is 211 g/mol. The normalized spacial score (nSPS) is 31.8. The largest absolute Gasteiger partial charge is 0.361 e. The molecule has 1 atom stereocenters. The molecule has 15 heavy (non-hydrogen) atoms. The van der Waals surface area contributed by atoms with Gasteiger partial charge in [0, 0.05) is 6.04 Å². The fourth-order valence-corrected chi connectivity index (χ4v) is 2.86. The Morgan fingerprint density at radius 1 is 1.13 bits per heavy atom. The van der Waals surface area contributed by atoms with Gasteiger partial charge in [0.05, 0.1) is 6.61 Å². The highest BCUT2D eigenvalue weighted by Crippen LogP contribution is 2.36. The first-order valence-corrected chi connectivity index (χ1v) is 6.44. The molecule has 2 aliphatic rings. The molecule has 1 unspecified atom stereocenters. The summed E-state index contributed by atoms with van der Waals surface area (Å²) in [7, 11) is 0. The Labute approximate surface area is 93.8 Å². The maximum Gasteiger partial charge on any atom is 0.119 e. The van der Waals surface area contributed by atoms with Gasteiger partial charge in [-0.3, -0.25) is 5.32 Å². The van der Waals surface area contributed by atoms with Crippen LogP contribution in [0.25, 0.3) is 0 Å². The summed E-state index contributed by atoms with van der Waals surface area (Å²) in [6.07, 6.45) is 7.60. The van der Waals surface area contributed by atoms with Gasteiger partial charge in [-0.2, -0.15) is 0 Å². The smallest absolute Gasteiger partial charge is 0.119 e. The van der Waals surface area contributed by atoms with Crippen LogP contribution in [0.1, 0.15) is 59.3 Å². The fraction of sp³-hybridized carbons (Fsp3) is 1.00. The molecule has 1 spiro atoms. The Morgan fingerprint density at radius 2 is 1.80 bits per heavy atom. The number of rotatable bonds is 0. The Hall–Kier alpha value is -0.0800. The Balaban J connectivity index is 2.02. The first-order valence-electron chi connectivity index (χ1n) is 6.44. The second kappa shape index (κ2) is 4.06. The molecule has 0 radical (unpaired) electrons. The maximum atomic E-state index is 6.02. The molecule has 2 fully saturated rings. The molecule has 0 aromatic rings. The molecule has 0 bridgehead atoms. The van der Waals surface area contributed by atoms with Crippen LogP contribution in [0.15, 0.2) is 0 Å². The van der Waals surface area contributed by atoms with E-state index in [1.54, 1.807) is 0 Å². The van der Waals surface area contributed by atoms with Gasteiger partial charge in [-0.15, -0.1) is 0 Å². The van der Waals surface area contributed by atoms with Crippen molar-refractivity contribution in [1.29, 1.82) is 0 Å². The van der Waals surface area contributed by atoms with Crippen LogP contribution in [-0.2, 0) is 4.74 Å². The van der Waals surface area contributed by atoms with E-state index in [1.165, 1.54) is 32.1 Å². The summed E-state index contributed by atoms with van der Waals surface area (Å²) in [6.45, 7) is 7.92. The van der Waals surface area contributed by atoms with E-state index in [0.29, 0.717) is 11.5 Å². The Morgan fingerprint density at radius 3 is 2.40 bits per heavy atom. The summed E-state index contributed by atoms with van der Waals surface area (Å²) in [5.41, 5.74) is 0.392. The minimum absolute atomic E-state index is 0.0362. The molecule has 1 aliphatic carbocycles. The number of hydrogen-bond donors (Lipinski definition) is 1. The van der Waals surface area contributed by atoms with Crippen molar-refractivity contribution in [3.8, 4) is 0 Å². The topological polar surface area (TPSA) is 21.3 Å². The second-order valence-electron chi connectivity index (χ2n) is 6.26. The predicted octanol–water partition coefficient (Wildman–Crippen LogP) is 3.07. The van der Waals surface area contributed by atoms with Crippen LogP contribution in [0, 0.1) is 5.41 Å². The minimum Gasteiger partial charge on any atom is -0.361 e. The second-order valence-corrected chi connectivity index (χ2v) is 6.26. The molecule has 0 aromatic carbocycles. The Kier molecular flexibility index (Phi) is 3.09. The van der Waals surface area contributed by atoms with Crippen molar-refractivity contribution in [3.05, 3.63) is 0 Å². The van der Waals surface area contributed by atoms with Crippen LogP contribution < -0.4 is 5.32 Å². The molecule has 1 heterocycles. The van der Waals surface area contributed by atoms with Crippen molar-refractivity contribution in [3.63, 3.8) is 0 Å². The van der Waals surface area contributed by atoms with E-state index in [2.05, 4.69) is 26.1 Å². The Bertz CT molecular complexity index is 208. The molecule has 1 saturated heterocycles. The lowest BCUT2D eigenvalue weighted by Gasteiger charge is -2.48. The van der Waals surface area contributed by atoms with Crippen molar-refractivity contribution in [2.75, 3.05) is 6.61 Å². The molecule has 2 heteroatoms. The van der Waals surface area contributed by atoms with E-state index in [1.807, 2.05) is 0 Å². The quantitative estimate of drug-likeness (QED) is 0.665. The number of ether oxygens (including phenoxy) is 1. The average Bonchev–Trinajstić information content (AvgIpc) is 2.18. The third-order valence-corrected chi connectivity index (χ3v) is 3.93. The maximum absolute atomic E-state index is 6.02. The lowest BCUT2D eigenvalue weighted by atomic mass is 9.81. The first-order chi connectivity index (χ1) is 7.02. The molecule has 2 nitrogen and oxygen atoms in total. The zero-order valence-electron chi connectivity index (χ0n) is 10.4. The predicted molar refractivity (Wildman–Crippen MR) is 62.8 cm³/mol. The van der Waals surface area contributed by atoms with Gasteiger partial charge in [-0.25, -0.2) is 0 Å². The van der Waals surface area contributed by atoms with Gasteiger partial charge >= 0.3 is 0 Å². The van der Waals surface area contributed by atoms with E-state index in [0.717, 1.165) is 13.0 Å². The SMILES string of the molecule is CC(C)(C)C1CCOC2(CCCCC2)N1. The fourth-order valence-electron chi connectivity index (χ4n) is 2.86. The van der Waals surface area contributed by atoms with E-state index in [9.17, 15) is 0 Å². The van der Waals surface area contributed by atoms with Crippen LogP contribution >= 0.6 is 0 Å². The van der Waals surface area contributed by atoms with Gasteiger partial charge in [0.1, 0.15) is 5.72 Å². The molecule has 88 valence electrons. The molecular weight excluding hydrogens is 186 g/mol. The van der Waals surface area contributed by atoms with Crippen molar-refractivity contribution < 1.29 is 4.74 Å². The van der Waals surface area contributed by atoms with Gasteiger partial charge in [-0.05, 0) is 37.5 Å². The third kappa shape index (κ3) is 2.54. The molecular formula is C13H25NO. The standard InChI is InChI=1S/C13H25NO/c1-12(2,3)11-7-10-15-13(14-11)8-5-4-6-9-13/h11,14H,4-10H2,1-3H3. The summed E-state index contributed by atoms with van der Waals surface area (Å²) >= 11 is 0. The summed E-state index contributed by atoms with van der Waals surface area (Å²) < 4.78 is 6.02. The van der Waals surface area contributed by atoms with Crippen molar-refractivity contribution in [2.24, 2.45) is 5.41 Å². The van der Waals surface area contributed by atoms with E-state index < -0.39 is 0 Å². The molecule has 0 aromatic heterocycles. The minimum atomic E-state index is 0.0362. The van der Waals surface area contributed by atoms with Gasteiger partial charge in [0.15, 0.2) is 0 Å². The van der Waals surface area contributed by atoms with Crippen LogP contribution in [0.5, 0.6) is 0 Å². The van der Waals surface area contributed by atoms with Gasteiger partial charge < -0.3 is 4.74 Å². The van der Waals surface area contributed by atoms with Crippen molar-refractivity contribution >= 4 is 0 Å². The molecule has 1 saturated carbocycles. The third-order valence-electron chi connectivity index (χ3n) is 3.93. The highest BCUT2D eigenvalue weighted by molar-refractivity contribution is 4.93. The lowest BCUT2D eigenvalue weighted by Crippen LogP contribution is -2.60. The van der Waals surface area contributed by atoms with Crippen LogP contribution in [0.3, 0.4) is 0 Å². The molecule has 1 N–H and O–H groups in total. The summed E-state index contributed by atoms with van der Waals surface area (Å²) in [4.78, 5) is 0. The van der Waals surface area contributed by atoms with Crippen LogP contribution in [0.2, 0.25) is 0 Å². The van der Waals surface area contributed by atoms with Crippen molar-refractivity contribution in [2.45, 2.75) is 71.1 Å². The van der Waals surface area contributed by atoms with E-state index >= 15 is 0 Å². The monoisotopic (exact) mass is 211 g/mol. The highest BCUT2D eigenvalue weighted by Gasteiger charge is 2.40. The summed E-state index contributed by atoms with van der Waals surface area (Å²) in [5, 5.41) is 3.79. The number of nitrogens with one attached hydrogen (secondary N) is 1. The molecule has 0 amide bonds. The van der Waals surface area contributed by atoms with E-state index in [4.69, 9.17) is 4.74 Å². The first kappa shape index (κ1) is 11.4. The molecule has 1 aliphatic heterocycles. The zero-order valence-corrected chi connectivity index (χ0v) is 10.4. The highest BCUT2D eigenvalue weighted by atomic mass is 16.5. The zero-order chi connectivity index (χ0) is 10.9. The van der Waals surface area contributed by atoms with Gasteiger partial charge in [0.2, 0.25) is 0 Å². The number of hydrogen-bond acceptors (Lipinski definition) is 2. The summed E-state index contributed by atoms with van der Waals surface area (Å²) in [6, 6.07) is 0.615. The van der Waals surface area contributed by atoms with E-state index in [-0.39, 0.29) is 5.72 Å². The van der Waals surface area contributed by atoms with Gasteiger partial charge in [-0.1, -0.05) is 27.2 Å². The lowest BCUT2D eigenvalue weighted by molar-refractivity contribution is -0.141. The van der Waals surface area contributed by atoms with Crippen LogP contribution in [-0.4, -0.2) is 18.4 Å². The van der Waals surface area contributed by atoms with Crippen molar-refractivity contribution in [1.82, 2.24) is 5.32 Å².